The molecular weight excluding hydrogens is 373 g/mol. The molecule has 3 nitrogen and oxygen atoms in total. The van der Waals surface area contributed by atoms with Gasteiger partial charge in [0.1, 0.15) is 0 Å². The number of aliphatic hydroxyl groups is 1. The molecule has 120 valence electrons. The summed E-state index contributed by atoms with van der Waals surface area (Å²) >= 11 is 3.28. The Morgan fingerprint density at radius 2 is 1.90 bits per heavy atom. The van der Waals surface area contributed by atoms with Crippen molar-refractivity contribution in [2.24, 2.45) is 0 Å². The van der Waals surface area contributed by atoms with Crippen LogP contribution in [-0.4, -0.2) is 42.8 Å². The maximum Gasteiger partial charge on any atom is 0.416 e. The van der Waals surface area contributed by atoms with E-state index in [0.29, 0.717) is 23.1 Å². The molecule has 21 heavy (non-hydrogen) atoms. The molecule has 0 bridgehead atoms. The van der Waals surface area contributed by atoms with E-state index in [9.17, 15) is 18.3 Å². The van der Waals surface area contributed by atoms with Crippen LogP contribution >= 0.6 is 28.3 Å². The van der Waals surface area contributed by atoms with Crippen LogP contribution in [0, 0.1) is 0 Å². The van der Waals surface area contributed by atoms with Crippen molar-refractivity contribution in [3.05, 3.63) is 33.8 Å². The molecule has 1 aliphatic heterocycles. The van der Waals surface area contributed by atoms with Gasteiger partial charge in [-0.25, -0.2) is 0 Å². The van der Waals surface area contributed by atoms with Gasteiger partial charge in [-0.15, -0.1) is 12.4 Å². The molecule has 8 heteroatoms. The quantitative estimate of drug-likeness (QED) is 0.834. The van der Waals surface area contributed by atoms with Crippen LogP contribution in [0.25, 0.3) is 0 Å². The van der Waals surface area contributed by atoms with E-state index in [-0.39, 0.29) is 19.0 Å². The van der Waals surface area contributed by atoms with Gasteiger partial charge in [0.2, 0.25) is 0 Å². The molecule has 2 rings (SSSR count). The van der Waals surface area contributed by atoms with Gasteiger partial charge in [0.05, 0.1) is 18.2 Å². The molecule has 0 spiro atoms. The summed E-state index contributed by atoms with van der Waals surface area (Å²) < 4.78 is 39.0. The minimum absolute atomic E-state index is 0. The van der Waals surface area contributed by atoms with Crippen molar-refractivity contribution in [1.29, 1.82) is 0 Å². The summed E-state index contributed by atoms with van der Waals surface area (Å²) in [4.78, 5) is 2.00. The van der Waals surface area contributed by atoms with Gasteiger partial charge in [-0.05, 0) is 23.8 Å². The molecule has 0 aliphatic carbocycles. The lowest BCUT2D eigenvalue weighted by atomic mass is 10.0. The third kappa shape index (κ3) is 4.56. The molecule has 1 saturated heterocycles. The van der Waals surface area contributed by atoms with Crippen molar-refractivity contribution in [3.8, 4) is 0 Å². The summed E-state index contributed by atoms with van der Waals surface area (Å²) in [5, 5.41) is 12.8. The standard InChI is InChI=1S/C13H16BrF3N2O.ClH/c14-11-2-1-9(13(15,16)17)7-10(11)12(8-20)19-5-3-18-4-6-19;/h1-2,7,12,18,20H,3-6,8H2;1H/t12-;/m1./s1. The van der Waals surface area contributed by atoms with E-state index in [1.165, 1.54) is 6.07 Å². The number of piperazine rings is 1. The van der Waals surface area contributed by atoms with Gasteiger partial charge in [0, 0.05) is 30.7 Å². The van der Waals surface area contributed by atoms with Crippen LogP contribution in [0.2, 0.25) is 0 Å². The minimum Gasteiger partial charge on any atom is -0.394 e. The van der Waals surface area contributed by atoms with Crippen molar-refractivity contribution in [3.63, 3.8) is 0 Å². The average molecular weight is 390 g/mol. The largest absolute Gasteiger partial charge is 0.416 e. The zero-order valence-corrected chi connectivity index (χ0v) is 13.6. The second-order valence-electron chi connectivity index (χ2n) is 4.72. The van der Waals surface area contributed by atoms with E-state index < -0.39 is 17.8 Å². The summed E-state index contributed by atoms with van der Waals surface area (Å²) in [5.74, 6) is 0. The first-order valence-corrected chi connectivity index (χ1v) is 7.15. The summed E-state index contributed by atoms with van der Waals surface area (Å²) in [6.07, 6.45) is -4.38. The van der Waals surface area contributed by atoms with E-state index in [1.807, 2.05) is 4.90 Å². The number of rotatable bonds is 3. The van der Waals surface area contributed by atoms with E-state index in [2.05, 4.69) is 21.2 Å². The lowest BCUT2D eigenvalue weighted by Crippen LogP contribution is -2.46. The Labute approximate surface area is 136 Å². The van der Waals surface area contributed by atoms with Gasteiger partial charge in [0.25, 0.3) is 0 Å². The Bertz CT molecular complexity index is 467. The molecule has 0 radical (unpaired) electrons. The second kappa shape index (κ2) is 7.78. The Kier molecular flexibility index (Phi) is 6.93. The first kappa shape index (κ1) is 18.7. The molecule has 1 heterocycles. The number of hydrogen-bond donors (Lipinski definition) is 2. The van der Waals surface area contributed by atoms with E-state index >= 15 is 0 Å². The van der Waals surface area contributed by atoms with Crippen LogP contribution in [0.3, 0.4) is 0 Å². The Hall–Kier alpha value is -0.340. The predicted molar refractivity (Wildman–Crippen MR) is 80.7 cm³/mol. The highest BCUT2D eigenvalue weighted by Gasteiger charge is 2.32. The second-order valence-corrected chi connectivity index (χ2v) is 5.57. The fourth-order valence-electron chi connectivity index (χ4n) is 2.38. The highest BCUT2D eigenvalue weighted by Crippen LogP contribution is 2.35. The molecule has 1 aliphatic rings. The lowest BCUT2D eigenvalue weighted by molar-refractivity contribution is -0.137. The van der Waals surface area contributed by atoms with Crippen LogP contribution in [0.1, 0.15) is 17.2 Å². The van der Waals surface area contributed by atoms with Gasteiger partial charge in [-0.2, -0.15) is 13.2 Å². The SMILES string of the molecule is Cl.OC[C@H](c1cc(C(F)(F)F)ccc1Br)N1CCNCC1. The molecule has 1 aromatic carbocycles. The number of aliphatic hydroxyl groups excluding tert-OH is 1. The molecule has 2 N–H and O–H groups in total. The molecule has 1 fully saturated rings. The summed E-state index contributed by atoms with van der Waals surface area (Å²) in [6.45, 7) is 2.74. The zero-order chi connectivity index (χ0) is 14.8. The molecule has 1 aromatic rings. The lowest BCUT2D eigenvalue weighted by Gasteiger charge is -2.34. The van der Waals surface area contributed by atoms with Crippen LogP contribution < -0.4 is 5.32 Å². The average Bonchev–Trinajstić information content (AvgIpc) is 2.41. The van der Waals surface area contributed by atoms with E-state index in [0.717, 1.165) is 25.2 Å². The number of alkyl halides is 3. The Balaban J connectivity index is 0.00000220. The predicted octanol–water partition coefficient (Wildman–Crippen LogP) is 2.83. The summed E-state index contributed by atoms with van der Waals surface area (Å²) in [5.41, 5.74) is -0.214. The number of benzene rings is 1. The number of nitrogens with zero attached hydrogens (tertiary/aromatic N) is 1. The number of nitrogens with one attached hydrogen (secondary N) is 1. The topological polar surface area (TPSA) is 35.5 Å². The van der Waals surface area contributed by atoms with Gasteiger partial charge in [-0.1, -0.05) is 15.9 Å². The number of hydrogen-bond acceptors (Lipinski definition) is 3. The molecule has 0 unspecified atom stereocenters. The fourth-order valence-corrected chi connectivity index (χ4v) is 2.89. The first-order chi connectivity index (χ1) is 9.43. The normalized spacial score (nSPS) is 18.1. The third-order valence-corrected chi connectivity index (χ3v) is 4.17. The van der Waals surface area contributed by atoms with Crippen molar-refractivity contribution >= 4 is 28.3 Å². The maximum atomic E-state index is 12.8. The van der Waals surface area contributed by atoms with Crippen molar-refractivity contribution in [2.45, 2.75) is 12.2 Å². The zero-order valence-electron chi connectivity index (χ0n) is 11.2. The van der Waals surface area contributed by atoms with Crippen molar-refractivity contribution < 1.29 is 18.3 Å². The smallest absolute Gasteiger partial charge is 0.394 e. The minimum atomic E-state index is -4.38. The molecular formula is C13H17BrClF3N2O. The Morgan fingerprint density at radius 1 is 1.29 bits per heavy atom. The van der Waals surface area contributed by atoms with Gasteiger partial charge < -0.3 is 10.4 Å². The van der Waals surface area contributed by atoms with E-state index in [1.54, 1.807) is 0 Å². The van der Waals surface area contributed by atoms with Gasteiger partial charge in [-0.3, -0.25) is 4.90 Å². The van der Waals surface area contributed by atoms with Gasteiger partial charge >= 0.3 is 6.18 Å². The van der Waals surface area contributed by atoms with Crippen LogP contribution in [0.5, 0.6) is 0 Å². The molecule has 0 amide bonds. The molecule has 1 atom stereocenters. The first-order valence-electron chi connectivity index (χ1n) is 6.35. The van der Waals surface area contributed by atoms with E-state index in [4.69, 9.17) is 0 Å². The third-order valence-electron chi connectivity index (χ3n) is 3.45. The van der Waals surface area contributed by atoms with Gasteiger partial charge in [0.15, 0.2) is 0 Å². The fraction of sp³-hybridized carbons (Fsp3) is 0.538. The summed E-state index contributed by atoms with van der Waals surface area (Å²) in [6, 6.07) is 3.13. The monoisotopic (exact) mass is 388 g/mol. The molecule has 0 saturated carbocycles. The van der Waals surface area contributed by atoms with Crippen molar-refractivity contribution in [1.82, 2.24) is 10.2 Å². The summed E-state index contributed by atoms with van der Waals surface area (Å²) in [7, 11) is 0. The van der Waals surface area contributed by atoms with Crippen LogP contribution in [0.15, 0.2) is 22.7 Å². The van der Waals surface area contributed by atoms with Crippen LogP contribution in [0.4, 0.5) is 13.2 Å². The maximum absolute atomic E-state index is 12.8. The molecule has 0 aromatic heterocycles. The highest BCUT2D eigenvalue weighted by molar-refractivity contribution is 9.10. The Morgan fingerprint density at radius 3 is 2.43 bits per heavy atom. The van der Waals surface area contributed by atoms with Crippen LogP contribution in [-0.2, 0) is 6.18 Å². The van der Waals surface area contributed by atoms with Crippen molar-refractivity contribution in [2.75, 3.05) is 32.8 Å². The number of halogens is 5. The highest BCUT2D eigenvalue weighted by atomic mass is 79.9.